The van der Waals surface area contributed by atoms with Gasteiger partial charge in [0.15, 0.2) is 11.2 Å². The van der Waals surface area contributed by atoms with Crippen molar-refractivity contribution in [1.82, 2.24) is 28.9 Å². The smallest absolute Gasteiger partial charge is 0.390 e. The van der Waals surface area contributed by atoms with Crippen molar-refractivity contribution < 1.29 is 4.42 Å². The molecule has 0 spiro atoms. The topological polar surface area (TPSA) is 101 Å². The maximum atomic E-state index is 12.6. The van der Waals surface area contributed by atoms with Gasteiger partial charge >= 0.3 is 5.76 Å². The van der Waals surface area contributed by atoms with E-state index in [1.165, 1.54) is 21.9 Å². The van der Waals surface area contributed by atoms with Gasteiger partial charge in [-0.25, -0.2) is 14.8 Å². The molecule has 0 radical (unpaired) electrons. The molecular weight excluding hydrogens is 452 g/mol. The molecule has 0 bridgehead atoms. The molecule has 1 aromatic carbocycles. The lowest BCUT2D eigenvalue weighted by atomic mass is 10.1. The number of halogens is 2. The van der Waals surface area contributed by atoms with Crippen LogP contribution in [0.3, 0.4) is 0 Å². The fourth-order valence-corrected chi connectivity index (χ4v) is 3.26. The molecule has 4 aromatic rings. The van der Waals surface area contributed by atoms with Crippen LogP contribution in [0.5, 0.6) is 0 Å². The van der Waals surface area contributed by atoms with E-state index in [4.69, 9.17) is 16.0 Å². The molecule has 9 nitrogen and oxygen atoms in total. The minimum absolute atomic E-state index is 0.000689. The molecule has 0 aliphatic carbocycles. The molecule has 0 saturated carbocycles. The van der Waals surface area contributed by atoms with Crippen LogP contribution in [0, 0.1) is 0 Å². The highest BCUT2D eigenvalue weighted by Gasteiger charge is 2.13. The van der Waals surface area contributed by atoms with Crippen LogP contribution in [0.1, 0.15) is 11.5 Å². The van der Waals surface area contributed by atoms with Crippen LogP contribution >= 0.6 is 27.5 Å². The van der Waals surface area contributed by atoms with Crippen molar-refractivity contribution in [2.24, 2.45) is 7.05 Å². The number of rotatable bonds is 5. The number of fused-ring (bicyclic) bond motifs is 1. The Bertz CT molecular complexity index is 1290. The van der Waals surface area contributed by atoms with E-state index >= 15 is 0 Å². The minimum atomic E-state index is -0.583. The van der Waals surface area contributed by atoms with E-state index < -0.39 is 5.76 Å². The molecule has 0 atom stereocenters. The van der Waals surface area contributed by atoms with Gasteiger partial charge in [-0.1, -0.05) is 17.7 Å². The maximum Gasteiger partial charge on any atom is 0.437 e. The Kier molecular flexibility index (Phi) is 4.90. The third kappa shape index (κ3) is 3.52. The molecule has 28 heavy (non-hydrogen) atoms. The summed E-state index contributed by atoms with van der Waals surface area (Å²) in [7, 11) is 1.71. The highest BCUT2D eigenvalue weighted by molar-refractivity contribution is 9.10. The lowest BCUT2D eigenvalue weighted by molar-refractivity contribution is 0.434. The van der Waals surface area contributed by atoms with E-state index in [0.717, 1.165) is 10.0 Å². The molecule has 0 aliphatic heterocycles. The Balaban J connectivity index is 1.54. The van der Waals surface area contributed by atoms with Gasteiger partial charge < -0.3 is 8.98 Å². The third-order valence-electron chi connectivity index (χ3n) is 4.25. The van der Waals surface area contributed by atoms with Crippen molar-refractivity contribution in [3.8, 4) is 0 Å². The Morgan fingerprint density at radius 3 is 2.79 bits per heavy atom. The van der Waals surface area contributed by atoms with Crippen LogP contribution in [0.25, 0.3) is 11.2 Å². The molecule has 0 unspecified atom stereocenters. The Morgan fingerprint density at radius 1 is 1.21 bits per heavy atom. The fourth-order valence-electron chi connectivity index (χ4n) is 2.81. The van der Waals surface area contributed by atoms with Gasteiger partial charge in [-0.05, 0) is 40.0 Å². The highest BCUT2D eigenvalue weighted by atomic mass is 79.9. The number of imidazole rings is 1. The first kappa shape index (κ1) is 18.6. The molecule has 3 heterocycles. The zero-order valence-corrected chi connectivity index (χ0v) is 17.0. The SMILES string of the molecule is Cn1cnc2ncn(Cc3nn(CCc4ccc(Br)c(Cl)c4)c(=O)o3)c(=O)c21. The molecule has 0 N–H and O–H groups in total. The predicted octanol–water partition coefficient (Wildman–Crippen LogP) is 1.99. The number of nitrogens with zero attached hydrogens (tertiary/aromatic N) is 6. The Hall–Kier alpha value is -2.72. The number of hydrogen-bond acceptors (Lipinski definition) is 6. The number of benzene rings is 1. The standard InChI is InChI=1S/C17H14BrClN6O3/c1-23-8-20-15-14(23)16(26)24(9-21-15)7-13-22-25(17(27)28-13)5-4-10-2-3-11(18)12(19)6-10/h2-3,6,8-9H,4-5,7H2,1H3. The van der Waals surface area contributed by atoms with E-state index in [0.29, 0.717) is 29.2 Å². The first-order chi connectivity index (χ1) is 13.4. The largest absolute Gasteiger partial charge is 0.437 e. The van der Waals surface area contributed by atoms with Gasteiger partial charge in [0.1, 0.15) is 12.9 Å². The summed E-state index contributed by atoms with van der Waals surface area (Å²) in [5, 5.41) is 4.78. The molecule has 0 amide bonds. The summed E-state index contributed by atoms with van der Waals surface area (Å²) in [6.07, 6.45) is 3.44. The second kappa shape index (κ2) is 7.36. The molecule has 4 rings (SSSR count). The summed E-state index contributed by atoms with van der Waals surface area (Å²) in [6.45, 7) is 0.327. The molecule has 0 aliphatic rings. The third-order valence-corrected chi connectivity index (χ3v) is 5.48. The molecular formula is C17H14BrClN6O3. The van der Waals surface area contributed by atoms with Gasteiger partial charge in [-0.3, -0.25) is 9.36 Å². The fraction of sp³-hybridized carbons (Fsp3) is 0.235. The van der Waals surface area contributed by atoms with Gasteiger partial charge in [0, 0.05) is 11.5 Å². The number of aromatic nitrogens is 6. The van der Waals surface area contributed by atoms with Gasteiger partial charge in [0.05, 0.1) is 17.9 Å². The highest BCUT2D eigenvalue weighted by Crippen LogP contribution is 2.23. The summed E-state index contributed by atoms with van der Waals surface area (Å²) in [6, 6.07) is 5.59. The van der Waals surface area contributed by atoms with Gasteiger partial charge in [0.2, 0.25) is 5.89 Å². The lowest BCUT2D eigenvalue weighted by Gasteiger charge is -2.03. The van der Waals surface area contributed by atoms with Gasteiger partial charge in [0.25, 0.3) is 5.56 Å². The van der Waals surface area contributed by atoms with Crippen LogP contribution in [-0.4, -0.2) is 28.9 Å². The van der Waals surface area contributed by atoms with Crippen LogP contribution in [-0.2, 0) is 26.6 Å². The maximum absolute atomic E-state index is 12.6. The van der Waals surface area contributed by atoms with Crippen LogP contribution in [0.15, 0.2) is 49.3 Å². The summed E-state index contributed by atoms with van der Waals surface area (Å²) < 4.78 is 10.1. The van der Waals surface area contributed by atoms with Crippen LogP contribution < -0.4 is 11.3 Å². The summed E-state index contributed by atoms with van der Waals surface area (Å²) >= 11 is 9.43. The average molecular weight is 466 g/mol. The van der Waals surface area contributed by atoms with E-state index in [1.807, 2.05) is 18.2 Å². The number of hydrogen-bond donors (Lipinski definition) is 0. The van der Waals surface area contributed by atoms with Gasteiger partial charge in [-0.2, -0.15) is 4.68 Å². The van der Waals surface area contributed by atoms with Crippen molar-refractivity contribution in [2.45, 2.75) is 19.5 Å². The molecule has 0 saturated heterocycles. The molecule has 144 valence electrons. The number of aryl methyl sites for hydroxylation is 3. The second-order valence-electron chi connectivity index (χ2n) is 6.19. The van der Waals surface area contributed by atoms with E-state index in [2.05, 4.69) is 31.0 Å². The quantitative estimate of drug-likeness (QED) is 0.447. The second-order valence-corrected chi connectivity index (χ2v) is 7.45. The first-order valence-corrected chi connectivity index (χ1v) is 9.46. The normalized spacial score (nSPS) is 11.4. The van der Waals surface area contributed by atoms with Crippen molar-refractivity contribution in [2.75, 3.05) is 0 Å². The zero-order valence-electron chi connectivity index (χ0n) is 14.7. The van der Waals surface area contributed by atoms with E-state index in [9.17, 15) is 9.59 Å². The molecule has 0 fully saturated rings. The first-order valence-electron chi connectivity index (χ1n) is 8.29. The average Bonchev–Trinajstić information content (AvgIpc) is 3.21. The monoisotopic (exact) mass is 464 g/mol. The van der Waals surface area contributed by atoms with Crippen LogP contribution in [0.4, 0.5) is 0 Å². The molecule has 3 aromatic heterocycles. The lowest BCUT2D eigenvalue weighted by Crippen LogP contribution is -2.22. The summed E-state index contributed by atoms with van der Waals surface area (Å²) in [5.41, 5.74) is 1.42. The van der Waals surface area contributed by atoms with Gasteiger partial charge in [-0.15, -0.1) is 5.10 Å². The summed E-state index contributed by atoms with van der Waals surface area (Å²) in [5.74, 6) is -0.454. The van der Waals surface area contributed by atoms with E-state index in [1.54, 1.807) is 11.6 Å². The van der Waals surface area contributed by atoms with Crippen molar-refractivity contribution >= 4 is 38.7 Å². The van der Waals surface area contributed by atoms with Crippen molar-refractivity contribution in [3.63, 3.8) is 0 Å². The van der Waals surface area contributed by atoms with Crippen LogP contribution in [0.2, 0.25) is 5.02 Å². The minimum Gasteiger partial charge on any atom is -0.390 e. The predicted molar refractivity (Wildman–Crippen MR) is 105 cm³/mol. The van der Waals surface area contributed by atoms with E-state index in [-0.39, 0.29) is 18.0 Å². The molecule has 11 heteroatoms. The Labute approximate surface area is 171 Å². The summed E-state index contributed by atoms with van der Waals surface area (Å²) in [4.78, 5) is 32.8. The van der Waals surface area contributed by atoms with Crippen molar-refractivity contribution in [1.29, 1.82) is 0 Å². The van der Waals surface area contributed by atoms with Crippen molar-refractivity contribution in [3.05, 3.63) is 72.7 Å². The Morgan fingerprint density at radius 2 is 2.00 bits per heavy atom. The zero-order chi connectivity index (χ0) is 19.8.